The van der Waals surface area contributed by atoms with Crippen molar-refractivity contribution in [3.63, 3.8) is 0 Å². The fraction of sp³-hybridized carbons (Fsp3) is 0.333. The summed E-state index contributed by atoms with van der Waals surface area (Å²) in [4.78, 5) is 11.4. The van der Waals surface area contributed by atoms with Crippen LogP contribution < -0.4 is 0 Å². The average Bonchev–Trinajstić information content (AvgIpc) is 2.91. The fourth-order valence-electron chi connectivity index (χ4n) is 1.77. The molecule has 21 heavy (non-hydrogen) atoms. The Morgan fingerprint density at radius 2 is 2.10 bits per heavy atom. The van der Waals surface area contributed by atoms with Crippen LogP contribution in [0.3, 0.4) is 0 Å². The summed E-state index contributed by atoms with van der Waals surface area (Å²) in [5, 5.41) is 19.5. The minimum absolute atomic E-state index is 0.151. The molecule has 0 radical (unpaired) electrons. The van der Waals surface area contributed by atoms with Crippen LogP contribution in [0.5, 0.6) is 0 Å². The summed E-state index contributed by atoms with van der Waals surface area (Å²) < 4.78 is 28.4. The molecule has 0 fully saturated rings. The zero-order chi connectivity index (χ0) is 15.8. The van der Waals surface area contributed by atoms with Crippen molar-refractivity contribution < 1.29 is 18.7 Å². The van der Waals surface area contributed by atoms with Gasteiger partial charge in [-0.1, -0.05) is 18.5 Å². The molecule has 0 aliphatic heterocycles. The highest BCUT2D eigenvalue weighted by Gasteiger charge is 2.37. The van der Waals surface area contributed by atoms with E-state index in [1.807, 2.05) is 0 Å². The number of aliphatic carboxylic acids is 1. The van der Waals surface area contributed by atoms with Gasteiger partial charge < -0.3 is 5.11 Å². The van der Waals surface area contributed by atoms with Gasteiger partial charge >= 0.3 is 5.97 Å². The monoisotopic (exact) mass is 316 g/mol. The number of carboxylic acids is 1. The molecule has 0 bridgehead atoms. The summed E-state index contributed by atoms with van der Waals surface area (Å²) >= 11 is 5.49. The van der Waals surface area contributed by atoms with E-state index in [9.17, 15) is 18.7 Å². The third kappa shape index (κ3) is 2.46. The second kappa shape index (κ2) is 5.36. The molecule has 1 heterocycles. The summed E-state index contributed by atoms with van der Waals surface area (Å²) in [6, 6.07) is 1.62. The summed E-state index contributed by atoms with van der Waals surface area (Å²) in [6.45, 7) is 3.01. The maximum Gasteiger partial charge on any atom is 0.331 e. The van der Waals surface area contributed by atoms with Crippen LogP contribution >= 0.6 is 11.6 Å². The summed E-state index contributed by atoms with van der Waals surface area (Å²) in [6.07, 6.45) is 0.151. The number of nitrogens with zero attached hydrogens (tertiary/aromatic N) is 4. The third-order valence-corrected chi connectivity index (χ3v) is 3.63. The molecule has 0 saturated carbocycles. The first-order chi connectivity index (χ1) is 9.81. The zero-order valence-electron chi connectivity index (χ0n) is 11.1. The quantitative estimate of drug-likeness (QED) is 0.876. The minimum Gasteiger partial charge on any atom is -0.479 e. The van der Waals surface area contributed by atoms with E-state index in [1.54, 1.807) is 6.92 Å². The summed E-state index contributed by atoms with van der Waals surface area (Å²) in [7, 11) is 0. The van der Waals surface area contributed by atoms with Gasteiger partial charge in [0, 0.05) is 0 Å². The van der Waals surface area contributed by atoms with E-state index in [1.165, 1.54) is 6.92 Å². The largest absolute Gasteiger partial charge is 0.479 e. The Morgan fingerprint density at radius 3 is 2.67 bits per heavy atom. The lowest BCUT2D eigenvalue weighted by atomic mass is 9.99. The third-order valence-electron chi connectivity index (χ3n) is 3.34. The van der Waals surface area contributed by atoms with Gasteiger partial charge in [0.15, 0.2) is 11.4 Å². The molecule has 2 aromatic rings. The predicted molar refractivity (Wildman–Crippen MR) is 69.8 cm³/mol. The highest BCUT2D eigenvalue weighted by atomic mass is 35.5. The number of carboxylic acid groups (broad SMARTS) is 1. The standard InChI is InChI=1S/C12H11ClF2N4O2/c1-3-12(2,11(20)21)19-10(16-17-18-19)6-4-9(15)7(13)5-8(6)14/h4-5H,3H2,1-2H3,(H,20,21). The lowest BCUT2D eigenvalue weighted by molar-refractivity contribution is -0.147. The van der Waals surface area contributed by atoms with E-state index in [-0.39, 0.29) is 22.8 Å². The Labute approximate surface area is 123 Å². The van der Waals surface area contributed by atoms with Crippen molar-refractivity contribution in [2.45, 2.75) is 25.8 Å². The van der Waals surface area contributed by atoms with Crippen LogP contribution in [0.25, 0.3) is 11.4 Å². The molecule has 1 aromatic carbocycles. The van der Waals surface area contributed by atoms with Gasteiger partial charge in [0.1, 0.15) is 11.6 Å². The molecule has 0 spiro atoms. The van der Waals surface area contributed by atoms with E-state index in [0.717, 1.165) is 16.8 Å². The van der Waals surface area contributed by atoms with E-state index >= 15 is 0 Å². The Morgan fingerprint density at radius 1 is 1.43 bits per heavy atom. The Hall–Kier alpha value is -2.09. The fourth-order valence-corrected chi connectivity index (χ4v) is 1.92. The van der Waals surface area contributed by atoms with Crippen molar-refractivity contribution in [3.8, 4) is 11.4 Å². The van der Waals surface area contributed by atoms with Crippen LogP contribution in [0.4, 0.5) is 8.78 Å². The van der Waals surface area contributed by atoms with Crippen molar-refractivity contribution in [2.24, 2.45) is 0 Å². The smallest absolute Gasteiger partial charge is 0.331 e. The van der Waals surface area contributed by atoms with Crippen molar-refractivity contribution in [2.75, 3.05) is 0 Å². The van der Waals surface area contributed by atoms with Crippen molar-refractivity contribution >= 4 is 17.6 Å². The normalized spacial score (nSPS) is 14.0. The average molecular weight is 317 g/mol. The summed E-state index contributed by atoms with van der Waals surface area (Å²) in [5.41, 5.74) is -1.75. The molecule has 2 rings (SSSR count). The first kappa shape index (κ1) is 15.3. The molecule has 112 valence electrons. The first-order valence-electron chi connectivity index (χ1n) is 5.98. The van der Waals surface area contributed by atoms with Gasteiger partial charge in [0.2, 0.25) is 0 Å². The van der Waals surface area contributed by atoms with Crippen LogP contribution in [0.2, 0.25) is 5.02 Å². The van der Waals surface area contributed by atoms with Crippen molar-refractivity contribution in [1.82, 2.24) is 20.2 Å². The molecule has 6 nitrogen and oxygen atoms in total. The topological polar surface area (TPSA) is 80.9 Å². The van der Waals surface area contributed by atoms with Crippen molar-refractivity contribution in [3.05, 3.63) is 28.8 Å². The van der Waals surface area contributed by atoms with Crippen LogP contribution in [0.15, 0.2) is 12.1 Å². The number of benzene rings is 1. The lowest BCUT2D eigenvalue weighted by Crippen LogP contribution is -2.39. The molecule has 1 N–H and O–H groups in total. The molecule has 0 aliphatic carbocycles. The first-order valence-corrected chi connectivity index (χ1v) is 6.36. The van der Waals surface area contributed by atoms with E-state index in [0.29, 0.717) is 0 Å². The highest BCUT2D eigenvalue weighted by Crippen LogP contribution is 2.30. The zero-order valence-corrected chi connectivity index (χ0v) is 11.9. The van der Waals surface area contributed by atoms with Crippen LogP contribution in [-0.2, 0) is 10.3 Å². The number of hydrogen-bond donors (Lipinski definition) is 1. The Kier molecular flexibility index (Phi) is 3.91. The number of tetrazole rings is 1. The van der Waals surface area contributed by atoms with E-state index < -0.39 is 23.1 Å². The summed E-state index contributed by atoms with van der Waals surface area (Å²) in [5.74, 6) is -3.07. The molecule has 0 amide bonds. The van der Waals surface area contributed by atoms with Gasteiger partial charge in [-0.05, 0) is 35.9 Å². The minimum atomic E-state index is -1.48. The van der Waals surface area contributed by atoms with Crippen LogP contribution in [0, 0.1) is 11.6 Å². The molecule has 0 aliphatic rings. The maximum absolute atomic E-state index is 14.0. The van der Waals surface area contributed by atoms with Crippen LogP contribution in [-0.4, -0.2) is 31.3 Å². The molecular formula is C12H11ClF2N4O2. The lowest BCUT2D eigenvalue weighted by Gasteiger charge is -2.24. The molecule has 1 aromatic heterocycles. The SMILES string of the molecule is CCC(C)(C(=O)O)n1nnnc1-c1cc(F)c(Cl)cc1F. The molecular weight excluding hydrogens is 306 g/mol. The van der Waals surface area contributed by atoms with E-state index in [4.69, 9.17) is 11.6 Å². The van der Waals surface area contributed by atoms with Crippen LogP contribution in [0.1, 0.15) is 20.3 Å². The van der Waals surface area contributed by atoms with Gasteiger partial charge in [0.25, 0.3) is 0 Å². The number of halogens is 3. The second-order valence-corrected chi connectivity index (χ2v) is 5.00. The Balaban J connectivity index is 2.66. The number of carbonyl (C=O) groups is 1. The van der Waals surface area contributed by atoms with Gasteiger partial charge in [0.05, 0.1) is 10.6 Å². The number of hydrogen-bond acceptors (Lipinski definition) is 4. The maximum atomic E-state index is 14.0. The van der Waals surface area contributed by atoms with Gasteiger partial charge in [-0.2, -0.15) is 0 Å². The van der Waals surface area contributed by atoms with Gasteiger partial charge in [-0.3, -0.25) is 0 Å². The number of rotatable bonds is 4. The van der Waals surface area contributed by atoms with Gasteiger partial charge in [-0.25, -0.2) is 18.3 Å². The predicted octanol–water partition coefficient (Wildman–Crippen LogP) is 2.48. The molecule has 1 unspecified atom stereocenters. The molecule has 0 saturated heterocycles. The second-order valence-electron chi connectivity index (χ2n) is 4.59. The van der Waals surface area contributed by atoms with Crippen molar-refractivity contribution in [1.29, 1.82) is 0 Å². The van der Waals surface area contributed by atoms with Gasteiger partial charge in [-0.15, -0.1) is 5.10 Å². The molecule has 9 heteroatoms. The van der Waals surface area contributed by atoms with E-state index in [2.05, 4.69) is 15.5 Å². The molecule has 1 atom stereocenters. The highest BCUT2D eigenvalue weighted by molar-refractivity contribution is 6.30. The number of aromatic nitrogens is 4. The Bertz CT molecular complexity index is 707.